The highest BCUT2D eigenvalue weighted by atomic mass is 35.5. The molecule has 0 aromatic heterocycles. The molecule has 2 amide bonds. The summed E-state index contributed by atoms with van der Waals surface area (Å²) >= 11 is 12.6. The number of rotatable bonds is 11. The Kier molecular flexibility index (Phi) is 10.3. The standard InChI is InChI=1S/C23H29Cl2FN4O4S/c1-5-20(23(32)27-6-2)29(14-16-17(24)10-9-11-18(16)25)22(31)15-30(35(33,34)28(3)4)21-13-8-7-12-19(21)26/h7-13,20H,5-6,14-15H2,1-4H3,(H,27,32). The molecule has 0 bridgehead atoms. The van der Waals surface area contributed by atoms with Crippen molar-refractivity contribution < 1.29 is 22.4 Å². The van der Waals surface area contributed by atoms with Gasteiger partial charge in [0.05, 0.1) is 5.69 Å². The average molecular weight is 547 g/mol. The molecule has 2 rings (SSSR count). The predicted octanol–water partition coefficient (Wildman–Crippen LogP) is 3.69. The fourth-order valence-corrected chi connectivity index (χ4v) is 5.00. The van der Waals surface area contributed by atoms with Crippen LogP contribution < -0.4 is 9.62 Å². The molecule has 1 N–H and O–H groups in total. The number of amides is 2. The molecule has 8 nitrogen and oxygen atoms in total. The second-order valence-electron chi connectivity index (χ2n) is 7.79. The molecule has 0 saturated carbocycles. The van der Waals surface area contributed by atoms with Crippen LogP contribution in [-0.4, -0.2) is 62.7 Å². The van der Waals surface area contributed by atoms with Gasteiger partial charge in [0, 0.05) is 42.8 Å². The van der Waals surface area contributed by atoms with Gasteiger partial charge < -0.3 is 10.2 Å². The third kappa shape index (κ3) is 6.84. The predicted molar refractivity (Wildman–Crippen MR) is 136 cm³/mol. The Bertz CT molecular complexity index is 1140. The third-order valence-electron chi connectivity index (χ3n) is 5.27. The Morgan fingerprint density at radius 2 is 1.63 bits per heavy atom. The molecule has 0 spiro atoms. The van der Waals surface area contributed by atoms with Crippen LogP contribution in [0, 0.1) is 5.82 Å². The summed E-state index contributed by atoms with van der Waals surface area (Å²) in [6.45, 7) is 2.89. The normalized spacial score (nSPS) is 12.3. The molecule has 0 aliphatic rings. The minimum atomic E-state index is -4.27. The van der Waals surface area contributed by atoms with Gasteiger partial charge in [-0.3, -0.25) is 9.59 Å². The first-order chi connectivity index (χ1) is 16.4. The molecule has 0 radical (unpaired) electrons. The molecular formula is C23H29Cl2FN4O4S. The number of benzene rings is 2. The highest BCUT2D eigenvalue weighted by Crippen LogP contribution is 2.28. The maximum atomic E-state index is 14.6. The van der Waals surface area contributed by atoms with Gasteiger partial charge in [0.2, 0.25) is 11.8 Å². The highest BCUT2D eigenvalue weighted by molar-refractivity contribution is 7.90. The van der Waals surface area contributed by atoms with Gasteiger partial charge in [0.1, 0.15) is 18.4 Å². The van der Waals surface area contributed by atoms with Gasteiger partial charge in [0.15, 0.2) is 0 Å². The number of halogens is 3. The summed E-state index contributed by atoms with van der Waals surface area (Å²) in [5.41, 5.74) is 0.108. The number of carbonyl (C=O) groups is 2. The first-order valence-electron chi connectivity index (χ1n) is 10.9. The van der Waals surface area contributed by atoms with Crippen LogP contribution in [0.15, 0.2) is 42.5 Å². The van der Waals surface area contributed by atoms with E-state index in [2.05, 4.69) is 5.32 Å². The van der Waals surface area contributed by atoms with Crippen LogP contribution in [0.3, 0.4) is 0 Å². The van der Waals surface area contributed by atoms with Crippen molar-refractivity contribution in [1.82, 2.24) is 14.5 Å². The summed E-state index contributed by atoms with van der Waals surface area (Å²) in [7, 11) is -1.72. The van der Waals surface area contributed by atoms with Crippen molar-refractivity contribution in [2.24, 2.45) is 0 Å². The smallest absolute Gasteiger partial charge is 0.304 e. The second-order valence-corrected chi connectivity index (χ2v) is 10.7. The second kappa shape index (κ2) is 12.5. The van der Waals surface area contributed by atoms with E-state index in [1.807, 2.05) is 0 Å². The average Bonchev–Trinajstić information content (AvgIpc) is 2.79. The van der Waals surface area contributed by atoms with E-state index < -0.39 is 40.4 Å². The Morgan fingerprint density at radius 1 is 1.03 bits per heavy atom. The van der Waals surface area contributed by atoms with Crippen LogP contribution in [0.4, 0.5) is 10.1 Å². The van der Waals surface area contributed by atoms with Crippen molar-refractivity contribution >= 4 is 50.9 Å². The quantitative estimate of drug-likeness (QED) is 0.465. The van der Waals surface area contributed by atoms with Gasteiger partial charge in [-0.25, -0.2) is 8.70 Å². The van der Waals surface area contributed by atoms with Crippen LogP contribution in [0.2, 0.25) is 10.0 Å². The molecule has 12 heteroatoms. The largest absolute Gasteiger partial charge is 0.355 e. The molecule has 0 aliphatic carbocycles. The Balaban J connectivity index is 2.57. The van der Waals surface area contributed by atoms with Crippen LogP contribution >= 0.6 is 23.2 Å². The van der Waals surface area contributed by atoms with E-state index in [0.29, 0.717) is 16.4 Å². The number of para-hydroxylation sites is 1. The van der Waals surface area contributed by atoms with Crippen molar-refractivity contribution in [3.05, 3.63) is 63.9 Å². The lowest BCUT2D eigenvalue weighted by molar-refractivity contribution is -0.140. The van der Waals surface area contributed by atoms with Gasteiger partial charge in [-0.1, -0.05) is 48.3 Å². The van der Waals surface area contributed by atoms with Crippen molar-refractivity contribution in [3.63, 3.8) is 0 Å². The van der Waals surface area contributed by atoms with E-state index in [-0.39, 0.29) is 28.7 Å². The van der Waals surface area contributed by atoms with Gasteiger partial charge in [0.25, 0.3) is 0 Å². The zero-order valence-electron chi connectivity index (χ0n) is 20.0. The summed E-state index contributed by atoms with van der Waals surface area (Å²) in [6.07, 6.45) is 0.236. The maximum absolute atomic E-state index is 14.6. The first-order valence-corrected chi connectivity index (χ1v) is 13.1. The first kappa shape index (κ1) is 28.8. The Hall–Kier alpha value is -2.40. The van der Waals surface area contributed by atoms with Gasteiger partial charge >= 0.3 is 10.2 Å². The molecule has 2 aromatic carbocycles. The fourth-order valence-electron chi connectivity index (χ4n) is 3.42. The van der Waals surface area contributed by atoms with Gasteiger partial charge in [-0.05, 0) is 37.6 Å². The van der Waals surface area contributed by atoms with Crippen molar-refractivity contribution in [2.75, 3.05) is 31.5 Å². The zero-order chi connectivity index (χ0) is 26.3. The molecule has 35 heavy (non-hydrogen) atoms. The molecular weight excluding hydrogens is 518 g/mol. The number of hydrogen-bond acceptors (Lipinski definition) is 4. The van der Waals surface area contributed by atoms with Crippen LogP contribution in [0.5, 0.6) is 0 Å². The van der Waals surface area contributed by atoms with E-state index in [0.717, 1.165) is 10.4 Å². The maximum Gasteiger partial charge on any atom is 0.304 e. The molecule has 0 fully saturated rings. The minimum absolute atomic E-state index is 0.153. The number of likely N-dealkylation sites (N-methyl/N-ethyl adjacent to an activating group) is 1. The number of carbonyl (C=O) groups excluding carboxylic acids is 2. The zero-order valence-corrected chi connectivity index (χ0v) is 22.3. The topological polar surface area (TPSA) is 90.0 Å². The summed E-state index contributed by atoms with van der Waals surface area (Å²) in [6, 6.07) is 9.13. The van der Waals surface area contributed by atoms with Crippen molar-refractivity contribution in [3.8, 4) is 0 Å². The lowest BCUT2D eigenvalue weighted by atomic mass is 10.1. The van der Waals surface area contributed by atoms with Crippen molar-refractivity contribution in [1.29, 1.82) is 0 Å². The molecule has 1 atom stereocenters. The SMILES string of the molecule is CCNC(=O)C(CC)N(Cc1c(Cl)cccc1Cl)C(=O)CN(c1ccccc1F)S(=O)(=O)N(C)C. The summed E-state index contributed by atoms with van der Waals surface area (Å²) < 4.78 is 42.4. The van der Waals surface area contributed by atoms with Gasteiger partial charge in [-0.15, -0.1) is 0 Å². The molecule has 192 valence electrons. The monoisotopic (exact) mass is 546 g/mol. The van der Waals surface area contributed by atoms with Crippen LogP contribution in [0.1, 0.15) is 25.8 Å². The van der Waals surface area contributed by atoms with Crippen LogP contribution in [-0.2, 0) is 26.3 Å². The van der Waals surface area contributed by atoms with E-state index >= 15 is 0 Å². The molecule has 0 heterocycles. The van der Waals surface area contributed by atoms with E-state index in [1.165, 1.54) is 37.2 Å². The number of hydrogen-bond donors (Lipinski definition) is 1. The van der Waals surface area contributed by atoms with Crippen molar-refractivity contribution in [2.45, 2.75) is 32.9 Å². The third-order valence-corrected chi connectivity index (χ3v) is 7.78. The lowest BCUT2D eigenvalue weighted by Gasteiger charge is -2.34. The Labute approximate surface area is 215 Å². The molecule has 0 saturated heterocycles. The van der Waals surface area contributed by atoms with Gasteiger partial charge in [-0.2, -0.15) is 12.7 Å². The summed E-state index contributed by atoms with van der Waals surface area (Å²) in [5, 5.41) is 3.26. The van der Waals surface area contributed by atoms with Crippen LogP contribution in [0.25, 0.3) is 0 Å². The Morgan fingerprint density at radius 3 is 2.14 bits per heavy atom. The highest BCUT2D eigenvalue weighted by Gasteiger charge is 2.35. The fraction of sp³-hybridized carbons (Fsp3) is 0.391. The molecule has 1 unspecified atom stereocenters. The lowest BCUT2D eigenvalue weighted by Crippen LogP contribution is -2.53. The van der Waals surface area contributed by atoms with E-state index in [4.69, 9.17) is 23.2 Å². The number of nitrogens with one attached hydrogen (secondary N) is 1. The number of anilines is 1. The van der Waals surface area contributed by atoms with E-state index in [1.54, 1.807) is 32.0 Å². The minimum Gasteiger partial charge on any atom is -0.355 e. The summed E-state index contributed by atoms with van der Waals surface area (Å²) in [5.74, 6) is -1.96. The van der Waals surface area contributed by atoms with E-state index in [9.17, 15) is 22.4 Å². The molecule has 0 aliphatic heterocycles. The number of nitrogens with zero attached hydrogens (tertiary/aromatic N) is 3. The summed E-state index contributed by atoms with van der Waals surface area (Å²) in [4.78, 5) is 27.7. The molecule has 2 aromatic rings.